The number of hydrogen-bond donors (Lipinski definition) is 5. The van der Waals surface area contributed by atoms with Gasteiger partial charge in [0, 0.05) is 12.2 Å². The number of aliphatic hydroxyl groups is 1. The maximum atomic E-state index is 11.5. The highest BCUT2D eigenvalue weighted by molar-refractivity contribution is 5.92. The molecule has 0 saturated heterocycles. The van der Waals surface area contributed by atoms with E-state index in [0.29, 0.717) is 12.2 Å². The molecule has 0 aliphatic rings. The number of rotatable bonds is 6. The van der Waals surface area contributed by atoms with E-state index in [1.807, 2.05) is 13.1 Å². The average Bonchev–Trinajstić information content (AvgIpc) is 2.36. The molecule has 0 radical (unpaired) electrons. The van der Waals surface area contributed by atoms with Gasteiger partial charge in [0.1, 0.15) is 0 Å². The Morgan fingerprint density at radius 3 is 2.68 bits per heavy atom. The van der Waals surface area contributed by atoms with Crippen LogP contribution in [0.4, 0.5) is 10.5 Å². The third-order valence-electron chi connectivity index (χ3n) is 2.35. The van der Waals surface area contributed by atoms with E-state index in [1.165, 1.54) is 0 Å². The Balaban J connectivity index is 2.61. The molecule has 2 amide bonds. The second kappa shape index (κ2) is 7.34. The normalized spacial score (nSPS) is 11.7. The average molecular weight is 267 g/mol. The van der Waals surface area contributed by atoms with Gasteiger partial charge in [0.2, 0.25) is 0 Å². The molecular weight excluding hydrogens is 250 g/mol. The van der Waals surface area contributed by atoms with Gasteiger partial charge in [0.25, 0.3) is 0 Å². The molecule has 104 valence electrons. The second-order valence-electron chi connectivity index (χ2n) is 3.90. The molecular formula is C12H17N3O4. The van der Waals surface area contributed by atoms with E-state index in [0.717, 1.165) is 5.56 Å². The molecule has 7 heteroatoms. The van der Waals surface area contributed by atoms with Crippen LogP contribution < -0.4 is 16.0 Å². The number of hydrogen-bond acceptors (Lipinski definition) is 4. The molecule has 0 saturated carbocycles. The number of aliphatic hydroxyl groups excluding tert-OH is 1. The summed E-state index contributed by atoms with van der Waals surface area (Å²) in [5.74, 6) is -1.29. The highest BCUT2D eigenvalue weighted by Crippen LogP contribution is 2.10. The van der Waals surface area contributed by atoms with Crippen molar-refractivity contribution in [2.45, 2.75) is 12.6 Å². The van der Waals surface area contributed by atoms with E-state index < -0.39 is 24.6 Å². The summed E-state index contributed by atoms with van der Waals surface area (Å²) in [6.45, 7) is -0.00588. The summed E-state index contributed by atoms with van der Waals surface area (Å²) in [4.78, 5) is 22.2. The Kier molecular flexibility index (Phi) is 5.77. The number of amides is 2. The van der Waals surface area contributed by atoms with Crippen molar-refractivity contribution in [2.75, 3.05) is 19.0 Å². The summed E-state index contributed by atoms with van der Waals surface area (Å²) >= 11 is 0. The van der Waals surface area contributed by atoms with Crippen molar-refractivity contribution in [2.24, 2.45) is 0 Å². The van der Waals surface area contributed by atoms with Gasteiger partial charge < -0.3 is 26.2 Å². The molecule has 1 rings (SSSR count). The molecule has 5 N–H and O–H groups in total. The molecule has 1 aromatic carbocycles. The van der Waals surface area contributed by atoms with Crippen molar-refractivity contribution in [3.05, 3.63) is 29.8 Å². The maximum Gasteiger partial charge on any atom is 0.328 e. The molecule has 0 heterocycles. The molecule has 0 aromatic heterocycles. The van der Waals surface area contributed by atoms with E-state index >= 15 is 0 Å². The minimum atomic E-state index is -1.32. The van der Waals surface area contributed by atoms with E-state index in [4.69, 9.17) is 10.2 Å². The van der Waals surface area contributed by atoms with Gasteiger partial charge in [-0.3, -0.25) is 0 Å². The van der Waals surface area contributed by atoms with Crippen LogP contribution in [0, 0.1) is 0 Å². The Morgan fingerprint density at radius 2 is 2.11 bits per heavy atom. The number of carbonyl (C=O) groups is 2. The quantitative estimate of drug-likeness (QED) is 0.497. The number of carbonyl (C=O) groups excluding carboxylic acids is 1. The molecule has 0 aliphatic carbocycles. The monoisotopic (exact) mass is 267 g/mol. The lowest BCUT2D eigenvalue weighted by Gasteiger charge is -2.13. The minimum absolute atomic E-state index is 0.548. The molecule has 0 fully saturated rings. The van der Waals surface area contributed by atoms with Gasteiger partial charge in [-0.05, 0) is 24.7 Å². The Labute approximate surface area is 110 Å². The molecule has 1 atom stereocenters. The van der Waals surface area contributed by atoms with Gasteiger partial charge in [-0.1, -0.05) is 12.1 Å². The first-order valence-electron chi connectivity index (χ1n) is 5.71. The maximum absolute atomic E-state index is 11.5. The number of urea groups is 1. The molecule has 1 aromatic rings. The lowest BCUT2D eigenvalue weighted by molar-refractivity contribution is -0.140. The zero-order chi connectivity index (χ0) is 14.3. The summed E-state index contributed by atoms with van der Waals surface area (Å²) in [7, 11) is 1.81. The van der Waals surface area contributed by atoms with Crippen molar-refractivity contribution < 1.29 is 19.8 Å². The lowest BCUT2D eigenvalue weighted by atomic mass is 10.2. The Bertz CT molecular complexity index is 450. The van der Waals surface area contributed by atoms with Crippen LogP contribution in [0.3, 0.4) is 0 Å². The summed E-state index contributed by atoms with van der Waals surface area (Å²) in [6, 6.07) is 5.14. The van der Waals surface area contributed by atoms with Crippen molar-refractivity contribution >= 4 is 17.7 Å². The Morgan fingerprint density at radius 1 is 1.37 bits per heavy atom. The van der Waals surface area contributed by atoms with Gasteiger partial charge >= 0.3 is 12.0 Å². The van der Waals surface area contributed by atoms with Gasteiger partial charge in [-0.25, -0.2) is 9.59 Å². The number of benzene rings is 1. The van der Waals surface area contributed by atoms with Crippen LogP contribution in [0.5, 0.6) is 0 Å². The molecule has 1 unspecified atom stereocenters. The predicted octanol–water partition coefficient (Wildman–Crippen LogP) is -0.0270. The fourth-order valence-electron chi connectivity index (χ4n) is 1.47. The van der Waals surface area contributed by atoms with Crippen LogP contribution in [0.15, 0.2) is 24.3 Å². The van der Waals surface area contributed by atoms with Crippen LogP contribution in [-0.4, -0.2) is 41.9 Å². The molecule has 0 aliphatic heterocycles. The van der Waals surface area contributed by atoms with Crippen LogP contribution in [0.2, 0.25) is 0 Å². The fraction of sp³-hybridized carbons (Fsp3) is 0.333. The zero-order valence-corrected chi connectivity index (χ0v) is 10.5. The molecule has 0 spiro atoms. The predicted molar refractivity (Wildman–Crippen MR) is 69.9 cm³/mol. The summed E-state index contributed by atoms with van der Waals surface area (Å²) in [5.41, 5.74) is 1.53. The van der Waals surface area contributed by atoms with E-state index in [-0.39, 0.29) is 0 Å². The van der Waals surface area contributed by atoms with E-state index in [9.17, 15) is 9.59 Å². The lowest BCUT2D eigenvalue weighted by Crippen LogP contribution is -2.45. The smallest absolute Gasteiger partial charge is 0.328 e. The number of anilines is 1. The first kappa shape index (κ1) is 14.9. The Hall–Kier alpha value is -2.12. The van der Waals surface area contributed by atoms with Crippen LogP contribution in [-0.2, 0) is 11.3 Å². The van der Waals surface area contributed by atoms with Crippen molar-refractivity contribution in [3.8, 4) is 0 Å². The fourth-order valence-corrected chi connectivity index (χ4v) is 1.47. The van der Waals surface area contributed by atoms with E-state index in [2.05, 4.69) is 16.0 Å². The van der Waals surface area contributed by atoms with Crippen molar-refractivity contribution in [3.63, 3.8) is 0 Å². The van der Waals surface area contributed by atoms with Gasteiger partial charge in [0.15, 0.2) is 6.04 Å². The largest absolute Gasteiger partial charge is 0.480 e. The topological polar surface area (TPSA) is 111 Å². The van der Waals surface area contributed by atoms with Crippen LogP contribution in [0.1, 0.15) is 5.56 Å². The third kappa shape index (κ3) is 4.94. The van der Waals surface area contributed by atoms with Crippen molar-refractivity contribution in [1.29, 1.82) is 0 Å². The molecule has 7 nitrogen and oxygen atoms in total. The molecule has 0 bridgehead atoms. The zero-order valence-electron chi connectivity index (χ0n) is 10.5. The highest BCUT2D eigenvalue weighted by atomic mass is 16.4. The SMILES string of the molecule is CNCc1cccc(NC(=O)NC(CO)C(=O)O)c1. The second-order valence-corrected chi connectivity index (χ2v) is 3.90. The number of aliphatic carboxylic acids is 1. The van der Waals surface area contributed by atoms with Crippen LogP contribution in [0.25, 0.3) is 0 Å². The first-order valence-corrected chi connectivity index (χ1v) is 5.71. The molecule has 19 heavy (non-hydrogen) atoms. The highest BCUT2D eigenvalue weighted by Gasteiger charge is 2.18. The number of nitrogens with one attached hydrogen (secondary N) is 3. The minimum Gasteiger partial charge on any atom is -0.480 e. The van der Waals surface area contributed by atoms with Gasteiger partial charge in [0.05, 0.1) is 6.61 Å². The number of carboxylic acids is 1. The van der Waals surface area contributed by atoms with Crippen LogP contribution >= 0.6 is 0 Å². The van der Waals surface area contributed by atoms with E-state index in [1.54, 1.807) is 18.2 Å². The first-order chi connectivity index (χ1) is 9.06. The third-order valence-corrected chi connectivity index (χ3v) is 2.35. The number of carboxylic acid groups (broad SMARTS) is 1. The summed E-state index contributed by atoms with van der Waals surface area (Å²) in [6.07, 6.45) is 0. The summed E-state index contributed by atoms with van der Waals surface area (Å²) < 4.78 is 0. The van der Waals surface area contributed by atoms with Gasteiger partial charge in [-0.2, -0.15) is 0 Å². The van der Waals surface area contributed by atoms with Crippen molar-refractivity contribution in [1.82, 2.24) is 10.6 Å². The van der Waals surface area contributed by atoms with Gasteiger partial charge in [-0.15, -0.1) is 0 Å². The summed E-state index contributed by atoms with van der Waals surface area (Å²) in [5, 5.41) is 25.1. The standard InChI is InChI=1S/C12H17N3O4/c1-13-6-8-3-2-4-9(5-8)14-12(19)15-10(7-16)11(17)18/h2-5,10,13,16H,6-7H2,1H3,(H,17,18)(H2,14,15,19).